The first-order chi connectivity index (χ1) is 12.6. The molecule has 0 aromatic carbocycles. The summed E-state index contributed by atoms with van der Waals surface area (Å²) in [6, 6.07) is 4.00. The molecule has 2 saturated heterocycles. The molecule has 6 atom stereocenters. The van der Waals surface area contributed by atoms with Crippen LogP contribution in [-0.2, 0) is 20.8 Å². The number of esters is 1. The average molecular weight is 356 g/mol. The molecule has 4 fully saturated rings. The summed E-state index contributed by atoms with van der Waals surface area (Å²) in [5.41, 5.74) is 1.54. The minimum Gasteiger partial charge on any atom is -0.462 e. The molecule has 1 aromatic heterocycles. The van der Waals surface area contributed by atoms with Crippen LogP contribution in [0.15, 0.2) is 24.5 Å². The lowest BCUT2D eigenvalue weighted by Crippen LogP contribution is -2.51. The molecule has 0 radical (unpaired) electrons. The zero-order chi connectivity index (χ0) is 17.8. The van der Waals surface area contributed by atoms with E-state index in [1.54, 1.807) is 6.20 Å². The van der Waals surface area contributed by atoms with E-state index < -0.39 is 0 Å². The Morgan fingerprint density at radius 3 is 3.04 bits per heavy atom. The van der Waals surface area contributed by atoms with Gasteiger partial charge in [-0.05, 0) is 55.1 Å². The average Bonchev–Trinajstić information content (AvgIpc) is 3.33. The number of epoxide rings is 1. The molecule has 5 rings (SSSR count). The third-order valence-electron chi connectivity index (χ3n) is 7.50. The van der Waals surface area contributed by atoms with E-state index in [1.807, 2.05) is 12.3 Å². The molecule has 26 heavy (non-hydrogen) atoms. The predicted octanol–water partition coefficient (Wildman–Crippen LogP) is 2.70. The van der Waals surface area contributed by atoms with Crippen molar-refractivity contribution in [1.29, 1.82) is 0 Å². The van der Waals surface area contributed by atoms with Gasteiger partial charge in [0, 0.05) is 31.4 Å². The Hall–Kier alpha value is -1.46. The number of fused-ring (bicyclic) bond motifs is 3. The monoisotopic (exact) mass is 356 g/mol. The highest BCUT2D eigenvalue weighted by molar-refractivity contribution is 5.75. The molecular weight excluding hydrogens is 328 g/mol. The summed E-state index contributed by atoms with van der Waals surface area (Å²) < 4.78 is 11.8. The molecule has 1 aromatic rings. The van der Waals surface area contributed by atoms with Crippen LogP contribution in [0.3, 0.4) is 0 Å². The largest absolute Gasteiger partial charge is 0.462 e. The minimum absolute atomic E-state index is 0.00769. The molecule has 0 amide bonds. The zero-order valence-electron chi connectivity index (χ0n) is 15.4. The SMILES string of the molecule is C[C@]12CCC[C@]3(CO3)[C@@H]1C[C@@H]1[C@H](CNCc3cccnc3)C(=O)O[C@@H]1C2. The Labute approximate surface area is 154 Å². The minimum atomic E-state index is -0.0288. The fourth-order valence-corrected chi connectivity index (χ4v) is 6.06. The number of nitrogens with one attached hydrogen (secondary N) is 1. The van der Waals surface area contributed by atoms with E-state index >= 15 is 0 Å². The molecule has 3 heterocycles. The van der Waals surface area contributed by atoms with Crippen molar-refractivity contribution in [3.05, 3.63) is 30.1 Å². The highest BCUT2D eigenvalue weighted by atomic mass is 16.6. The summed E-state index contributed by atoms with van der Waals surface area (Å²) in [7, 11) is 0. The second-order valence-corrected chi connectivity index (χ2v) is 9.09. The van der Waals surface area contributed by atoms with E-state index in [2.05, 4.69) is 23.3 Å². The van der Waals surface area contributed by atoms with Crippen molar-refractivity contribution in [2.45, 2.75) is 57.3 Å². The first-order valence-corrected chi connectivity index (χ1v) is 10.0. The van der Waals surface area contributed by atoms with E-state index in [1.165, 1.54) is 19.3 Å². The van der Waals surface area contributed by atoms with Crippen LogP contribution < -0.4 is 5.32 Å². The third-order valence-corrected chi connectivity index (χ3v) is 7.50. The number of rotatable bonds is 4. The van der Waals surface area contributed by atoms with Gasteiger partial charge >= 0.3 is 5.97 Å². The van der Waals surface area contributed by atoms with Crippen molar-refractivity contribution >= 4 is 5.97 Å². The van der Waals surface area contributed by atoms with Crippen LogP contribution in [0, 0.1) is 23.2 Å². The highest BCUT2D eigenvalue weighted by Crippen LogP contribution is 2.62. The number of ether oxygens (including phenoxy) is 2. The molecule has 5 heteroatoms. The Morgan fingerprint density at radius 1 is 1.38 bits per heavy atom. The summed E-state index contributed by atoms with van der Waals surface area (Å²) in [5.74, 6) is 0.882. The van der Waals surface area contributed by atoms with Crippen LogP contribution in [0.5, 0.6) is 0 Å². The van der Waals surface area contributed by atoms with Crippen molar-refractivity contribution in [2.24, 2.45) is 23.2 Å². The highest BCUT2D eigenvalue weighted by Gasteiger charge is 2.64. The molecule has 140 valence electrons. The predicted molar refractivity (Wildman–Crippen MR) is 96.2 cm³/mol. The second kappa shape index (κ2) is 6.03. The van der Waals surface area contributed by atoms with Gasteiger partial charge in [0.1, 0.15) is 6.10 Å². The van der Waals surface area contributed by atoms with Gasteiger partial charge in [-0.1, -0.05) is 13.0 Å². The fraction of sp³-hybridized carbons (Fsp3) is 0.714. The third kappa shape index (κ3) is 2.67. The van der Waals surface area contributed by atoms with Crippen LogP contribution in [-0.4, -0.2) is 35.8 Å². The first-order valence-electron chi connectivity index (χ1n) is 10.0. The number of aromatic nitrogens is 1. The van der Waals surface area contributed by atoms with Crippen LogP contribution in [0.2, 0.25) is 0 Å². The Kier molecular flexibility index (Phi) is 3.87. The number of hydrogen-bond donors (Lipinski definition) is 1. The fourth-order valence-electron chi connectivity index (χ4n) is 6.06. The molecule has 2 aliphatic carbocycles. The lowest BCUT2D eigenvalue weighted by molar-refractivity contribution is -0.147. The van der Waals surface area contributed by atoms with Crippen molar-refractivity contribution in [3.8, 4) is 0 Å². The molecule has 1 spiro atoms. The molecule has 1 N–H and O–H groups in total. The number of hydrogen-bond acceptors (Lipinski definition) is 5. The Bertz CT molecular complexity index is 690. The van der Waals surface area contributed by atoms with Gasteiger partial charge in [0.25, 0.3) is 0 Å². The van der Waals surface area contributed by atoms with E-state index in [4.69, 9.17) is 9.47 Å². The maximum atomic E-state index is 12.6. The Balaban J connectivity index is 1.28. The van der Waals surface area contributed by atoms with E-state index in [0.29, 0.717) is 18.4 Å². The number of carbonyl (C=O) groups excluding carboxylic acids is 1. The van der Waals surface area contributed by atoms with Gasteiger partial charge in [-0.2, -0.15) is 0 Å². The smallest absolute Gasteiger partial charge is 0.310 e. The van der Waals surface area contributed by atoms with Gasteiger partial charge in [0.15, 0.2) is 0 Å². The zero-order valence-corrected chi connectivity index (χ0v) is 15.4. The van der Waals surface area contributed by atoms with Crippen molar-refractivity contribution < 1.29 is 14.3 Å². The number of pyridine rings is 1. The van der Waals surface area contributed by atoms with Crippen molar-refractivity contribution in [1.82, 2.24) is 10.3 Å². The van der Waals surface area contributed by atoms with Crippen molar-refractivity contribution in [2.75, 3.05) is 13.2 Å². The van der Waals surface area contributed by atoms with Crippen LogP contribution in [0.1, 0.15) is 44.6 Å². The van der Waals surface area contributed by atoms with Gasteiger partial charge in [0.05, 0.1) is 18.1 Å². The van der Waals surface area contributed by atoms with E-state index in [9.17, 15) is 4.79 Å². The Morgan fingerprint density at radius 2 is 2.27 bits per heavy atom. The summed E-state index contributed by atoms with van der Waals surface area (Å²) in [5, 5.41) is 3.45. The topological polar surface area (TPSA) is 63.8 Å². The maximum absolute atomic E-state index is 12.6. The van der Waals surface area contributed by atoms with Gasteiger partial charge < -0.3 is 14.8 Å². The quantitative estimate of drug-likeness (QED) is 0.664. The number of nitrogens with zero attached hydrogens (tertiary/aromatic N) is 1. The lowest BCUT2D eigenvalue weighted by Gasteiger charge is -2.51. The van der Waals surface area contributed by atoms with Gasteiger partial charge in [-0.25, -0.2) is 0 Å². The molecule has 0 unspecified atom stereocenters. The molecule has 2 saturated carbocycles. The molecular formula is C21H28N2O3. The summed E-state index contributed by atoms with van der Waals surface area (Å²) >= 11 is 0. The summed E-state index contributed by atoms with van der Waals surface area (Å²) in [4.78, 5) is 16.7. The lowest BCUT2D eigenvalue weighted by atomic mass is 9.53. The normalized spacial score (nSPS) is 43.7. The van der Waals surface area contributed by atoms with Gasteiger partial charge in [-0.15, -0.1) is 0 Å². The molecule has 2 aliphatic heterocycles. The van der Waals surface area contributed by atoms with Crippen LogP contribution in [0.25, 0.3) is 0 Å². The second-order valence-electron chi connectivity index (χ2n) is 9.09. The summed E-state index contributed by atoms with van der Waals surface area (Å²) in [6.07, 6.45) is 9.52. The van der Waals surface area contributed by atoms with E-state index in [0.717, 1.165) is 31.6 Å². The van der Waals surface area contributed by atoms with Crippen LogP contribution >= 0.6 is 0 Å². The summed E-state index contributed by atoms with van der Waals surface area (Å²) in [6.45, 7) is 4.75. The number of carbonyl (C=O) groups is 1. The van der Waals surface area contributed by atoms with Crippen molar-refractivity contribution in [3.63, 3.8) is 0 Å². The van der Waals surface area contributed by atoms with Gasteiger partial charge in [0.2, 0.25) is 0 Å². The van der Waals surface area contributed by atoms with E-state index in [-0.39, 0.29) is 29.0 Å². The standard InChI is InChI=1S/C21H28N2O3/c1-20-5-3-6-21(13-25-21)18(20)8-15-16(19(24)26-17(15)9-20)12-23-11-14-4-2-7-22-10-14/h2,4,7,10,15-18,23H,3,5-6,8-9,11-13H2,1H3/t15-,16+,17-,18-,20-,21+/m1/s1. The maximum Gasteiger partial charge on any atom is 0.310 e. The molecule has 4 aliphatic rings. The molecule has 5 nitrogen and oxygen atoms in total. The van der Waals surface area contributed by atoms with Crippen LogP contribution in [0.4, 0.5) is 0 Å². The van der Waals surface area contributed by atoms with Gasteiger partial charge in [-0.3, -0.25) is 9.78 Å². The molecule has 0 bridgehead atoms. The first kappa shape index (κ1) is 16.7.